The van der Waals surface area contributed by atoms with Crippen LogP contribution < -0.4 is 5.73 Å². The van der Waals surface area contributed by atoms with Crippen molar-refractivity contribution in [1.82, 2.24) is 9.38 Å². The molecule has 0 aliphatic carbocycles. The van der Waals surface area contributed by atoms with Crippen molar-refractivity contribution < 1.29 is 4.39 Å². The van der Waals surface area contributed by atoms with Crippen molar-refractivity contribution in [2.45, 2.75) is 6.54 Å². The highest BCUT2D eigenvalue weighted by Crippen LogP contribution is 2.22. The Balaban J connectivity index is 2.14. The van der Waals surface area contributed by atoms with Gasteiger partial charge in [-0.1, -0.05) is 12.1 Å². The fraction of sp³-hybridized carbons (Fsp3) is 0.0714. The minimum atomic E-state index is -0.233. The van der Waals surface area contributed by atoms with Crippen LogP contribution in [0.25, 0.3) is 16.6 Å². The summed E-state index contributed by atoms with van der Waals surface area (Å²) in [5.74, 6) is 0.583. The Morgan fingerprint density at radius 1 is 1.17 bits per heavy atom. The molecule has 18 heavy (non-hydrogen) atoms. The number of aromatic nitrogens is 2. The number of rotatable bonds is 2. The van der Waals surface area contributed by atoms with Gasteiger partial charge < -0.3 is 10.1 Å². The molecule has 3 rings (SSSR count). The van der Waals surface area contributed by atoms with E-state index in [2.05, 4.69) is 4.98 Å². The summed E-state index contributed by atoms with van der Waals surface area (Å²) in [5.41, 5.74) is 8.37. The van der Waals surface area contributed by atoms with Crippen molar-refractivity contribution >= 4 is 5.52 Å². The summed E-state index contributed by atoms with van der Waals surface area (Å²) >= 11 is 0. The normalized spacial score (nSPS) is 11.0. The first-order valence-corrected chi connectivity index (χ1v) is 5.70. The number of imidazole rings is 1. The highest BCUT2D eigenvalue weighted by atomic mass is 19.1. The molecule has 0 unspecified atom stereocenters. The van der Waals surface area contributed by atoms with E-state index >= 15 is 0 Å². The van der Waals surface area contributed by atoms with Crippen molar-refractivity contribution in [3.05, 3.63) is 60.4 Å². The highest BCUT2D eigenvalue weighted by Gasteiger charge is 2.04. The number of pyridine rings is 1. The molecule has 0 bridgehead atoms. The fourth-order valence-corrected chi connectivity index (χ4v) is 2.05. The summed E-state index contributed by atoms with van der Waals surface area (Å²) in [4.78, 5) is 4.23. The van der Waals surface area contributed by atoms with Gasteiger partial charge in [0.15, 0.2) is 0 Å². The predicted molar refractivity (Wildman–Crippen MR) is 68.5 cm³/mol. The Hall–Kier alpha value is -2.20. The minimum Gasteiger partial charge on any atom is -0.324 e. The zero-order chi connectivity index (χ0) is 12.5. The van der Waals surface area contributed by atoms with Gasteiger partial charge >= 0.3 is 0 Å². The predicted octanol–water partition coefficient (Wildman–Crippen LogP) is 2.60. The zero-order valence-electron chi connectivity index (χ0n) is 9.68. The fourth-order valence-electron chi connectivity index (χ4n) is 2.05. The lowest BCUT2D eigenvalue weighted by Crippen LogP contribution is -2.02. The molecular formula is C14H12FN3. The van der Waals surface area contributed by atoms with E-state index in [1.165, 1.54) is 12.1 Å². The topological polar surface area (TPSA) is 43.3 Å². The molecule has 2 aromatic heterocycles. The minimum absolute atomic E-state index is 0.233. The first-order chi connectivity index (χ1) is 8.78. The van der Waals surface area contributed by atoms with Gasteiger partial charge in [0.2, 0.25) is 0 Å². The SMILES string of the molecule is NCc1ncc2cc(-c3cccc(F)c3)ccn12. The summed E-state index contributed by atoms with van der Waals surface area (Å²) in [6.45, 7) is 0.396. The van der Waals surface area contributed by atoms with E-state index in [9.17, 15) is 4.39 Å². The third-order valence-corrected chi connectivity index (χ3v) is 2.95. The lowest BCUT2D eigenvalue weighted by molar-refractivity contribution is 0.628. The number of nitrogens with zero attached hydrogens (tertiary/aromatic N) is 2. The largest absolute Gasteiger partial charge is 0.324 e. The summed E-state index contributed by atoms with van der Waals surface area (Å²) in [6, 6.07) is 10.5. The Bertz CT molecular complexity index is 703. The quantitative estimate of drug-likeness (QED) is 0.749. The summed E-state index contributed by atoms with van der Waals surface area (Å²) in [6.07, 6.45) is 3.68. The molecule has 3 nitrogen and oxygen atoms in total. The molecule has 2 heterocycles. The van der Waals surface area contributed by atoms with Gasteiger partial charge in [-0.2, -0.15) is 0 Å². The van der Waals surface area contributed by atoms with Crippen molar-refractivity contribution in [3.63, 3.8) is 0 Å². The van der Waals surface area contributed by atoms with Gasteiger partial charge in [-0.3, -0.25) is 0 Å². The summed E-state index contributed by atoms with van der Waals surface area (Å²) in [5, 5.41) is 0. The van der Waals surface area contributed by atoms with E-state index in [0.29, 0.717) is 6.54 Å². The van der Waals surface area contributed by atoms with Gasteiger partial charge in [-0.25, -0.2) is 9.37 Å². The average molecular weight is 241 g/mol. The van der Waals surface area contributed by atoms with Gasteiger partial charge in [-0.15, -0.1) is 0 Å². The van der Waals surface area contributed by atoms with Crippen LogP contribution in [0.15, 0.2) is 48.8 Å². The monoisotopic (exact) mass is 241 g/mol. The standard InChI is InChI=1S/C14H12FN3/c15-12-3-1-2-10(6-12)11-4-5-18-13(7-11)9-17-14(18)8-16/h1-7,9H,8,16H2. The lowest BCUT2D eigenvalue weighted by Gasteiger charge is -2.04. The molecule has 4 heteroatoms. The van der Waals surface area contributed by atoms with E-state index in [1.54, 1.807) is 12.3 Å². The molecular weight excluding hydrogens is 229 g/mol. The average Bonchev–Trinajstić information content (AvgIpc) is 2.80. The number of fused-ring (bicyclic) bond motifs is 1. The van der Waals surface area contributed by atoms with Crippen molar-refractivity contribution in [3.8, 4) is 11.1 Å². The molecule has 0 aliphatic rings. The molecule has 3 aromatic rings. The van der Waals surface area contributed by atoms with Crippen molar-refractivity contribution in [2.75, 3.05) is 0 Å². The van der Waals surface area contributed by atoms with Crippen molar-refractivity contribution in [1.29, 1.82) is 0 Å². The van der Waals surface area contributed by atoms with Crippen LogP contribution in [-0.2, 0) is 6.54 Å². The molecule has 0 amide bonds. The van der Waals surface area contributed by atoms with Gasteiger partial charge in [0.1, 0.15) is 11.6 Å². The van der Waals surface area contributed by atoms with Crippen LogP contribution in [0.5, 0.6) is 0 Å². The zero-order valence-corrected chi connectivity index (χ0v) is 9.68. The smallest absolute Gasteiger partial charge is 0.127 e. The maximum atomic E-state index is 13.2. The number of halogens is 1. The van der Waals surface area contributed by atoms with E-state index in [4.69, 9.17) is 5.73 Å². The lowest BCUT2D eigenvalue weighted by atomic mass is 10.1. The Kier molecular flexibility index (Phi) is 2.57. The maximum Gasteiger partial charge on any atom is 0.127 e. The second-order valence-electron chi connectivity index (χ2n) is 4.10. The third kappa shape index (κ3) is 1.76. The van der Waals surface area contributed by atoms with Crippen LogP contribution in [0.2, 0.25) is 0 Å². The third-order valence-electron chi connectivity index (χ3n) is 2.95. The first-order valence-electron chi connectivity index (χ1n) is 5.70. The van der Waals surface area contributed by atoms with Gasteiger partial charge in [0.05, 0.1) is 18.3 Å². The summed E-state index contributed by atoms with van der Waals surface area (Å²) in [7, 11) is 0. The number of hydrogen-bond acceptors (Lipinski definition) is 2. The van der Waals surface area contributed by atoms with E-state index < -0.39 is 0 Å². The summed E-state index contributed by atoms with van der Waals surface area (Å²) < 4.78 is 15.1. The first kappa shape index (κ1) is 10.9. The number of benzene rings is 1. The molecule has 0 spiro atoms. The maximum absolute atomic E-state index is 13.2. The Morgan fingerprint density at radius 3 is 2.78 bits per heavy atom. The van der Waals surface area contributed by atoms with Crippen LogP contribution in [0.1, 0.15) is 5.82 Å². The molecule has 0 aliphatic heterocycles. The molecule has 90 valence electrons. The Labute approximate surface area is 104 Å². The van der Waals surface area contributed by atoms with Crippen LogP contribution >= 0.6 is 0 Å². The van der Waals surface area contributed by atoms with Crippen LogP contribution in [0.4, 0.5) is 4.39 Å². The second-order valence-corrected chi connectivity index (χ2v) is 4.10. The molecule has 1 aromatic carbocycles. The van der Waals surface area contributed by atoms with Gasteiger partial charge in [0.25, 0.3) is 0 Å². The van der Waals surface area contributed by atoms with Crippen molar-refractivity contribution in [2.24, 2.45) is 5.73 Å². The Morgan fingerprint density at radius 2 is 2.00 bits per heavy atom. The van der Waals surface area contributed by atoms with E-state index in [1.807, 2.05) is 28.8 Å². The highest BCUT2D eigenvalue weighted by molar-refractivity contribution is 5.68. The number of hydrogen-bond donors (Lipinski definition) is 1. The van der Waals surface area contributed by atoms with Crippen LogP contribution in [0, 0.1) is 5.82 Å². The van der Waals surface area contributed by atoms with Gasteiger partial charge in [0, 0.05) is 6.20 Å². The van der Waals surface area contributed by atoms with E-state index in [-0.39, 0.29) is 5.82 Å². The molecule has 0 fully saturated rings. The van der Waals surface area contributed by atoms with Crippen LogP contribution in [-0.4, -0.2) is 9.38 Å². The molecule has 0 radical (unpaired) electrons. The molecule has 0 atom stereocenters. The number of nitrogens with two attached hydrogens (primary N) is 1. The second kappa shape index (κ2) is 4.23. The van der Waals surface area contributed by atoms with Gasteiger partial charge in [-0.05, 0) is 35.4 Å². The molecule has 0 saturated carbocycles. The molecule has 2 N–H and O–H groups in total. The van der Waals surface area contributed by atoms with E-state index in [0.717, 1.165) is 22.5 Å². The molecule has 0 saturated heterocycles. The van der Waals surface area contributed by atoms with Crippen LogP contribution in [0.3, 0.4) is 0 Å².